The van der Waals surface area contributed by atoms with E-state index in [4.69, 9.17) is 0 Å². The van der Waals surface area contributed by atoms with E-state index in [2.05, 4.69) is 16.9 Å². The molecule has 0 aliphatic carbocycles. The van der Waals surface area contributed by atoms with Gasteiger partial charge < -0.3 is 10.3 Å². The van der Waals surface area contributed by atoms with Crippen LogP contribution in [0.4, 0.5) is 0 Å². The number of benzene rings is 2. The highest BCUT2D eigenvalue weighted by atomic mass is 16.2. The Balaban J connectivity index is 1.47. The first-order valence-corrected chi connectivity index (χ1v) is 8.52. The SMILES string of the molecule is C=C1c2ccccc2C(=O)N1[C@H](C)C(=O)NCc1cc2ccccc2[nH]1. The zero-order valence-electron chi connectivity index (χ0n) is 14.5. The first-order valence-electron chi connectivity index (χ1n) is 8.52. The summed E-state index contributed by atoms with van der Waals surface area (Å²) in [6, 6.07) is 16.6. The molecule has 2 aromatic carbocycles. The van der Waals surface area contributed by atoms with Gasteiger partial charge in [-0.1, -0.05) is 43.0 Å². The molecule has 1 atom stereocenters. The average molecular weight is 345 g/mol. The molecule has 2 N–H and O–H groups in total. The maximum atomic E-state index is 12.6. The van der Waals surface area contributed by atoms with E-state index >= 15 is 0 Å². The van der Waals surface area contributed by atoms with E-state index in [1.54, 1.807) is 13.0 Å². The number of para-hydroxylation sites is 1. The molecule has 2 amide bonds. The second kappa shape index (κ2) is 6.19. The Kier molecular flexibility index (Phi) is 3.84. The van der Waals surface area contributed by atoms with Crippen molar-refractivity contribution < 1.29 is 9.59 Å². The summed E-state index contributed by atoms with van der Waals surface area (Å²) < 4.78 is 0. The molecule has 1 aliphatic heterocycles. The van der Waals surface area contributed by atoms with Gasteiger partial charge in [0, 0.05) is 28.0 Å². The van der Waals surface area contributed by atoms with Crippen LogP contribution in [-0.4, -0.2) is 27.7 Å². The summed E-state index contributed by atoms with van der Waals surface area (Å²) in [5.41, 5.74) is 3.89. The lowest BCUT2D eigenvalue weighted by atomic mass is 10.1. The number of H-pyrrole nitrogens is 1. The van der Waals surface area contributed by atoms with E-state index < -0.39 is 6.04 Å². The second-order valence-corrected chi connectivity index (χ2v) is 6.44. The molecule has 1 aromatic heterocycles. The summed E-state index contributed by atoms with van der Waals surface area (Å²) in [6.07, 6.45) is 0. The molecule has 130 valence electrons. The van der Waals surface area contributed by atoms with Crippen molar-refractivity contribution in [1.82, 2.24) is 15.2 Å². The van der Waals surface area contributed by atoms with Crippen molar-refractivity contribution in [2.24, 2.45) is 0 Å². The van der Waals surface area contributed by atoms with E-state index in [9.17, 15) is 9.59 Å². The van der Waals surface area contributed by atoms with E-state index in [1.165, 1.54) is 4.90 Å². The number of carbonyl (C=O) groups excluding carboxylic acids is 2. The Bertz CT molecular complexity index is 966. The Morgan fingerprint density at radius 2 is 1.85 bits per heavy atom. The second-order valence-electron chi connectivity index (χ2n) is 6.44. The molecular weight excluding hydrogens is 326 g/mol. The van der Waals surface area contributed by atoms with E-state index in [0.29, 0.717) is 17.8 Å². The summed E-state index contributed by atoms with van der Waals surface area (Å²) in [5, 5.41) is 4.00. The molecule has 26 heavy (non-hydrogen) atoms. The lowest BCUT2D eigenvalue weighted by molar-refractivity contribution is -0.124. The molecule has 0 unspecified atom stereocenters. The van der Waals surface area contributed by atoms with Gasteiger partial charge in [-0.2, -0.15) is 0 Å². The lowest BCUT2D eigenvalue weighted by Crippen LogP contribution is -2.44. The lowest BCUT2D eigenvalue weighted by Gasteiger charge is -2.24. The largest absolute Gasteiger partial charge is 0.357 e. The van der Waals surface area contributed by atoms with Gasteiger partial charge in [-0.25, -0.2) is 0 Å². The van der Waals surface area contributed by atoms with Crippen LogP contribution in [0.1, 0.15) is 28.5 Å². The fraction of sp³-hybridized carbons (Fsp3) is 0.143. The van der Waals surface area contributed by atoms with Crippen molar-refractivity contribution in [1.29, 1.82) is 0 Å². The van der Waals surface area contributed by atoms with Gasteiger partial charge >= 0.3 is 0 Å². The third-order valence-corrected chi connectivity index (χ3v) is 4.78. The fourth-order valence-electron chi connectivity index (χ4n) is 3.39. The van der Waals surface area contributed by atoms with E-state index in [-0.39, 0.29) is 11.8 Å². The minimum atomic E-state index is -0.633. The number of fused-ring (bicyclic) bond motifs is 2. The van der Waals surface area contributed by atoms with Gasteiger partial charge in [-0.3, -0.25) is 14.5 Å². The van der Waals surface area contributed by atoms with Gasteiger partial charge in [-0.15, -0.1) is 0 Å². The molecule has 5 nitrogen and oxygen atoms in total. The van der Waals surface area contributed by atoms with Crippen molar-refractivity contribution in [2.75, 3.05) is 0 Å². The molecule has 0 saturated carbocycles. The van der Waals surface area contributed by atoms with Gasteiger partial charge in [0.1, 0.15) is 6.04 Å². The highest BCUT2D eigenvalue weighted by Gasteiger charge is 2.36. The van der Waals surface area contributed by atoms with Crippen LogP contribution in [-0.2, 0) is 11.3 Å². The van der Waals surface area contributed by atoms with Crippen LogP contribution >= 0.6 is 0 Å². The summed E-state index contributed by atoms with van der Waals surface area (Å²) in [6.45, 7) is 6.09. The van der Waals surface area contributed by atoms with Crippen molar-refractivity contribution in [2.45, 2.75) is 19.5 Å². The monoisotopic (exact) mass is 345 g/mol. The van der Waals surface area contributed by atoms with E-state index in [1.807, 2.05) is 48.5 Å². The average Bonchev–Trinajstić information content (AvgIpc) is 3.18. The molecule has 2 heterocycles. The van der Waals surface area contributed by atoms with Crippen LogP contribution in [0, 0.1) is 0 Å². The van der Waals surface area contributed by atoms with Crippen LogP contribution in [0.2, 0.25) is 0 Å². The van der Waals surface area contributed by atoms with Crippen LogP contribution in [0.5, 0.6) is 0 Å². The third kappa shape index (κ3) is 2.58. The standard InChI is InChI=1S/C21H19N3O2/c1-13-17-8-4-5-9-18(17)21(26)24(13)14(2)20(25)22-12-16-11-15-7-3-6-10-19(15)23-16/h3-11,14,23H,1,12H2,2H3,(H,22,25)/t14-/m1/s1. The van der Waals surface area contributed by atoms with E-state index in [0.717, 1.165) is 22.2 Å². The molecule has 0 saturated heterocycles. The Morgan fingerprint density at radius 1 is 1.15 bits per heavy atom. The van der Waals surface area contributed by atoms with Crippen molar-refractivity contribution >= 4 is 28.4 Å². The van der Waals surface area contributed by atoms with Crippen molar-refractivity contribution in [3.8, 4) is 0 Å². The maximum absolute atomic E-state index is 12.6. The predicted octanol–water partition coefficient (Wildman–Crippen LogP) is 3.30. The van der Waals surface area contributed by atoms with Crippen LogP contribution in [0.25, 0.3) is 16.6 Å². The molecule has 0 spiro atoms. The van der Waals surface area contributed by atoms with Gasteiger partial charge in [-0.05, 0) is 30.5 Å². The minimum Gasteiger partial charge on any atom is -0.357 e. The zero-order chi connectivity index (χ0) is 18.3. The number of nitrogens with one attached hydrogen (secondary N) is 2. The Hall–Kier alpha value is -3.34. The van der Waals surface area contributed by atoms with Gasteiger partial charge in [0.05, 0.1) is 6.54 Å². The highest BCUT2D eigenvalue weighted by Crippen LogP contribution is 2.32. The molecule has 0 bridgehead atoms. The van der Waals surface area contributed by atoms with Crippen molar-refractivity contribution in [3.63, 3.8) is 0 Å². The molecule has 1 aliphatic rings. The predicted molar refractivity (Wildman–Crippen MR) is 101 cm³/mol. The normalized spacial score (nSPS) is 14.6. The first kappa shape index (κ1) is 16.1. The molecule has 0 fully saturated rings. The number of hydrogen-bond acceptors (Lipinski definition) is 2. The number of rotatable bonds is 4. The van der Waals surface area contributed by atoms with Gasteiger partial charge in [0.2, 0.25) is 5.91 Å². The van der Waals surface area contributed by atoms with Crippen LogP contribution in [0.3, 0.4) is 0 Å². The van der Waals surface area contributed by atoms with Gasteiger partial charge in [0.15, 0.2) is 0 Å². The number of aromatic nitrogens is 1. The molecule has 0 radical (unpaired) electrons. The third-order valence-electron chi connectivity index (χ3n) is 4.78. The fourth-order valence-corrected chi connectivity index (χ4v) is 3.39. The summed E-state index contributed by atoms with van der Waals surface area (Å²) in [4.78, 5) is 30.0. The number of carbonyl (C=O) groups is 2. The first-order chi connectivity index (χ1) is 12.6. The molecule has 5 heteroatoms. The number of amides is 2. The summed E-state index contributed by atoms with van der Waals surface area (Å²) in [7, 11) is 0. The molecule has 3 aromatic rings. The summed E-state index contributed by atoms with van der Waals surface area (Å²) >= 11 is 0. The highest BCUT2D eigenvalue weighted by molar-refractivity contribution is 6.10. The topological polar surface area (TPSA) is 65.2 Å². The minimum absolute atomic E-state index is 0.182. The number of aromatic amines is 1. The molecule has 4 rings (SSSR count). The van der Waals surface area contributed by atoms with Gasteiger partial charge in [0.25, 0.3) is 5.91 Å². The van der Waals surface area contributed by atoms with Crippen molar-refractivity contribution in [3.05, 3.63) is 78.0 Å². The number of hydrogen-bond donors (Lipinski definition) is 2. The number of nitrogens with zero attached hydrogens (tertiary/aromatic N) is 1. The quantitative estimate of drug-likeness (QED) is 0.762. The van der Waals surface area contributed by atoms with Crippen LogP contribution < -0.4 is 5.32 Å². The Morgan fingerprint density at radius 3 is 2.58 bits per heavy atom. The van der Waals surface area contributed by atoms with Crippen LogP contribution in [0.15, 0.2) is 61.2 Å². The molecular formula is C21H19N3O2. The Labute approximate surface area is 151 Å². The summed E-state index contributed by atoms with van der Waals surface area (Å²) in [5.74, 6) is -0.398. The maximum Gasteiger partial charge on any atom is 0.259 e. The zero-order valence-corrected chi connectivity index (χ0v) is 14.5. The smallest absolute Gasteiger partial charge is 0.259 e.